The number of anilines is 3. The third-order valence-corrected chi connectivity index (χ3v) is 14.9. The number of hydrogen-bond donors (Lipinski definition) is 0. The van der Waals surface area contributed by atoms with Crippen molar-refractivity contribution in [3.05, 3.63) is 297 Å². The fourth-order valence-corrected chi connectivity index (χ4v) is 11.4. The maximum absolute atomic E-state index is 2.51. The number of benzene rings is 12. The molecule has 3 nitrogen and oxygen atoms in total. The van der Waals surface area contributed by atoms with Gasteiger partial charge >= 0.3 is 0 Å². The molecule has 75 heavy (non-hydrogen) atoms. The van der Waals surface area contributed by atoms with Gasteiger partial charge in [-0.3, -0.25) is 0 Å². The van der Waals surface area contributed by atoms with E-state index in [4.69, 9.17) is 0 Å². The van der Waals surface area contributed by atoms with E-state index in [0.29, 0.717) is 0 Å². The molecule has 0 saturated carbocycles. The average molecular weight is 956 g/mol. The van der Waals surface area contributed by atoms with Crippen molar-refractivity contribution in [3.8, 4) is 67.0 Å². The van der Waals surface area contributed by atoms with Crippen LogP contribution >= 0.6 is 0 Å². The normalized spacial score (nSPS) is 11.5. The number of fused-ring (bicyclic) bond motifs is 6. The number of nitrogens with zero attached hydrogens (tertiary/aromatic N) is 3. The van der Waals surface area contributed by atoms with E-state index >= 15 is 0 Å². The molecule has 0 saturated heterocycles. The van der Waals surface area contributed by atoms with Crippen molar-refractivity contribution < 1.29 is 0 Å². The molecular formula is C72H49N3. The smallest absolute Gasteiger partial charge is 0.0547 e. The lowest BCUT2D eigenvalue weighted by molar-refractivity contribution is 1.18. The molecule has 0 unspecified atom stereocenters. The summed E-state index contributed by atoms with van der Waals surface area (Å²) in [5.41, 5.74) is 22.0. The standard InChI is InChI=1S/C72H49N3/c1-5-18-50(19-6-1)53-32-40-59(41-33-53)73(60-42-34-54(35-43-60)51-20-7-2-8-21-51)61-44-36-55(37-45-61)62-26-13-15-29-67(62)75-70-48-56(52-22-9-3-10-23-52)38-46-64(70)65-47-39-57(49-71(65)75)63-28-17-31-69-72(63)66-27-14-16-30-68(66)74(69)58-24-11-4-12-25-58/h1-49H. The van der Waals surface area contributed by atoms with Gasteiger partial charge in [-0.2, -0.15) is 0 Å². The highest BCUT2D eigenvalue weighted by Gasteiger charge is 2.21. The zero-order valence-corrected chi connectivity index (χ0v) is 41.1. The van der Waals surface area contributed by atoms with Crippen molar-refractivity contribution in [1.29, 1.82) is 0 Å². The summed E-state index contributed by atoms with van der Waals surface area (Å²) in [4.78, 5) is 2.36. The first kappa shape index (κ1) is 43.8. The summed E-state index contributed by atoms with van der Waals surface area (Å²) >= 11 is 0. The van der Waals surface area contributed by atoms with E-state index in [2.05, 4.69) is 311 Å². The SMILES string of the molecule is c1ccc(-c2ccc(N(c3ccc(-c4ccccc4)cc3)c3ccc(-c4ccccc4-n4c5cc(-c6ccccc6)ccc5c5ccc(-c6cccc7c6c6ccccc6n7-c6ccccc6)cc54)cc3)cc2)cc1. The second-order valence-corrected chi connectivity index (χ2v) is 19.3. The Balaban J connectivity index is 0.921. The van der Waals surface area contributed by atoms with Gasteiger partial charge in [-0.15, -0.1) is 0 Å². The van der Waals surface area contributed by atoms with Crippen molar-refractivity contribution >= 4 is 60.7 Å². The molecule has 0 spiro atoms. The zero-order chi connectivity index (χ0) is 49.7. The minimum absolute atomic E-state index is 1.08. The zero-order valence-electron chi connectivity index (χ0n) is 41.1. The summed E-state index contributed by atoms with van der Waals surface area (Å²) < 4.78 is 4.91. The number of para-hydroxylation sites is 3. The van der Waals surface area contributed by atoms with Crippen LogP contribution in [0.15, 0.2) is 297 Å². The third kappa shape index (κ3) is 7.78. The maximum Gasteiger partial charge on any atom is 0.0547 e. The molecule has 14 rings (SSSR count). The van der Waals surface area contributed by atoms with E-state index in [1.165, 1.54) is 77.1 Å². The topological polar surface area (TPSA) is 13.1 Å². The fraction of sp³-hybridized carbons (Fsp3) is 0. The highest BCUT2D eigenvalue weighted by molar-refractivity contribution is 6.17. The van der Waals surface area contributed by atoms with Gasteiger partial charge in [-0.05, 0) is 129 Å². The molecule has 352 valence electrons. The van der Waals surface area contributed by atoms with Crippen LogP contribution in [0.1, 0.15) is 0 Å². The Morgan fingerprint density at radius 3 is 1.23 bits per heavy atom. The molecule has 0 radical (unpaired) electrons. The molecule has 0 aliphatic carbocycles. The Bertz CT molecular complexity index is 4260. The summed E-state index contributed by atoms with van der Waals surface area (Å²) in [5.74, 6) is 0. The van der Waals surface area contributed by atoms with Crippen LogP contribution in [0.3, 0.4) is 0 Å². The predicted octanol–water partition coefficient (Wildman–Crippen LogP) is 19.7. The monoisotopic (exact) mass is 955 g/mol. The van der Waals surface area contributed by atoms with E-state index in [-0.39, 0.29) is 0 Å². The highest BCUT2D eigenvalue weighted by Crippen LogP contribution is 2.44. The summed E-state index contributed by atoms with van der Waals surface area (Å²) in [5, 5.41) is 4.91. The van der Waals surface area contributed by atoms with Crippen LogP contribution in [-0.4, -0.2) is 9.13 Å². The molecule has 0 aliphatic heterocycles. The minimum atomic E-state index is 1.08. The van der Waals surface area contributed by atoms with Crippen molar-refractivity contribution in [2.75, 3.05) is 4.90 Å². The second kappa shape index (κ2) is 18.6. The summed E-state index contributed by atoms with van der Waals surface area (Å²) in [6, 6.07) is 108. The van der Waals surface area contributed by atoms with Crippen molar-refractivity contribution in [2.24, 2.45) is 0 Å². The van der Waals surface area contributed by atoms with Crippen molar-refractivity contribution in [2.45, 2.75) is 0 Å². The van der Waals surface area contributed by atoms with Crippen LogP contribution in [0.4, 0.5) is 17.1 Å². The molecule has 0 amide bonds. The number of aromatic nitrogens is 2. The van der Waals surface area contributed by atoms with Gasteiger partial charge in [0, 0.05) is 49.9 Å². The van der Waals surface area contributed by atoms with Gasteiger partial charge in [0.1, 0.15) is 0 Å². The average Bonchev–Trinajstić information content (AvgIpc) is 4.01. The van der Waals surface area contributed by atoms with E-state index in [1.807, 2.05) is 0 Å². The molecule has 14 aromatic rings. The van der Waals surface area contributed by atoms with E-state index in [9.17, 15) is 0 Å². The number of hydrogen-bond acceptors (Lipinski definition) is 1. The van der Waals surface area contributed by atoms with Gasteiger partial charge in [0.25, 0.3) is 0 Å². The lowest BCUT2D eigenvalue weighted by atomic mass is 9.98. The molecule has 0 bridgehead atoms. The Morgan fingerprint density at radius 1 is 0.227 bits per heavy atom. The molecule has 3 heteroatoms. The Kier molecular flexibility index (Phi) is 10.8. The lowest BCUT2D eigenvalue weighted by Crippen LogP contribution is -2.09. The van der Waals surface area contributed by atoms with Gasteiger partial charge < -0.3 is 14.0 Å². The molecular weight excluding hydrogens is 907 g/mol. The van der Waals surface area contributed by atoms with Crippen LogP contribution in [0.2, 0.25) is 0 Å². The quantitative estimate of drug-likeness (QED) is 0.133. The Labute approximate surface area is 436 Å². The summed E-state index contributed by atoms with van der Waals surface area (Å²) in [6.45, 7) is 0. The second-order valence-electron chi connectivity index (χ2n) is 19.3. The molecule has 12 aromatic carbocycles. The van der Waals surface area contributed by atoms with Crippen molar-refractivity contribution in [1.82, 2.24) is 9.13 Å². The molecule has 0 atom stereocenters. The highest BCUT2D eigenvalue weighted by atomic mass is 15.1. The first-order valence-corrected chi connectivity index (χ1v) is 25.7. The Hall–Kier alpha value is -9.96. The van der Waals surface area contributed by atoms with Gasteiger partial charge in [0.15, 0.2) is 0 Å². The molecule has 2 heterocycles. The predicted molar refractivity (Wildman–Crippen MR) is 317 cm³/mol. The largest absolute Gasteiger partial charge is 0.311 e. The van der Waals surface area contributed by atoms with Crippen LogP contribution in [-0.2, 0) is 0 Å². The molecule has 2 aromatic heterocycles. The Morgan fingerprint density at radius 2 is 0.640 bits per heavy atom. The minimum Gasteiger partial charge on any atom is -0.311 e. The van der Waals surface area contributed by atoms with Crippen LogP contribution in [0.5, 0.6) is 0 Å². The van der Waals surface area contributed by atoms with E-state index in [1.54, 1.807) is 0 Å². The first-order valence-electron chi connectivity index (χ1n) is 25.7. The molecule has 0 fully saturated rings. The van der Waals surface area contributed by atoms with Crippen LogP contribution in [0, 0.1) is 0 Å². The van der Waals surface area contributed by atoms with Crippen molar-refractivity contribution in [3.63, 3.8) is 0 Å². The van der Waals surface area contributed by atoms with E-state index in [0.717, 1.165) is 50.6 Å². The molecule has 0 aliphatic rings. The number of rotatable bonds is 10. The van der Waals surface area contributed by atoms with Gasteiger partial charge in [-0.1, -0.05) is 218 Å². The summed E-state index contributed by atoms with van der Waals surface area (Å²) in [7, 11) is 0. The first-order chi connectivity index (χ1) is 37.2. The lowest BCUT2D eigenvalue weighted by Gasteiger charge is -2.26. The van der Waals surface area contributed by atoms with Gasteiger partial charge in [0.2, 0.25) is 0 Å². The van der Waals surface area contributed by atoms with Gasteiger partial charge in [0.05, 0.1) is 27.8 Å². The maximum atomic E-state index is 2.51. The summed E-state index contributed by atoms with van der Waals surface area (Å²) in [6.07, 6.45) is 0. The van der Waals surface area contributed by atoms with Crippen LogP contribution < -0.4 is 4.90 Å². The van der Waals surface area contributed by atoms with Gasteiger partial charge in [-0.25, -0.2) is 0 Å². The fourth-order valence-electron chi connectivity index (χ4n) is 11.4. The molecule has 0 N–H and O–H groups in total. The van der Waals surface area contributed by atoms with Crippen LogP contribution in [0.25, 0.3) is 111 Å². The van der Waals surface area contributed by atoms with E-state index < -0.39 is 0 Å². The third-order valence-electron chi connectivity index (χ3n) is 14.9.